The molecule has 5 rings (SSSR count). The highest BCUT2D eigenvalue weighted by Crippen LogP contribution is 2.63. The topological polar surface area (TPSA) is 29.1 Å². The number of quaternary nitrogens is 1. The van der Waals surface area contributed by atoms with E-state index in [0.29, 0.717) is 12.0 Å². The Morgan fingerprint density at radius 2 is 2.20 bits per heavy atom. The molecule has 4 atom stereocenters. The van der Waals surface area contributed by atoms with Gasteiger partial charge in [-0.2, -0.15) is 0 Å². The second-order valence-corrected chi connectivity index (χ2v) is 7.97. The number of allylic oxidation sites excluding steroid dienone is 2. The van der Waals surface area contributed by atoms with E-state index in [1.807, 2.05) is 0 Å². The average Bonchev–Trinajstić information content (AvgIpc) is 3.15. The van der Waals surface area contributed by atoms with E-state index in [1.165, 1.54) is 22.5 Å². The minimum atomic E-state index is -0.0441. The summed E-state index contributed by atoms with van der Waals surface area (Å²) < 4.78 is 0.962. The maximum absolute atomic E-state index is 12.1. The number of para-hydroxylation sites is 1. The molecular weight excluding hydrogens is 355 g/mol. The van der Waals surface area contributed by atoms with E-state index >= 15 is 0 Å². The lowest BCUT2D eigenvalue weighted by Gasteiger charge is -2.52. The molecule has 25 heavy (non-hydrogen) atoms. The predicted octanol–water partition coefficient (Wildman–Crippen LogP) is 0.572. The fraction of sp³-hybridized carbons (Fsp3) is 0.450. The number of rotatable bonds is 2. The van der Waals surface area contributed by atoms with Crippen molar-refractivity contribution in [3.63, 3.8) is 0 Å². The first kappa shape index (κ1) is 17.1. The molecule has 0 saturated carbocycles. The van der Waals surface area contributed by atoms with Crippen molar-refractivity contribution in [2.45, 2.75) is 31.2 Å². The molecule has 132 valence electrons. The maximum atomic E-state index is 12.1. The fourth-order valence-corrected chi connectivity index (χ4v) is 6.44. The SMILES string of the molecule is C/C=C1/C[N+]2(CCl)CC[C@]34C(=C(C=O)[C@H]1C[C@@H]32)Nc1ccccc14.[Cl-]. The Hall–Kier alpha value is -1.29. The van der Waals surface area contributed by atoms with E-state index in [-0.39, 0.29) is 23.7 Å². The van der Waals surface area contributed by atoms with Crippen molar-refractivity contribution in [3.05, 3.63) is 52.7 Å². The summed E-state index contributed by atoms with van der Waals surface area (Å²) >= 11 is 6.55. The number of anilines is 1. The molecule has 5 heteroatoms. The van der Waals surface area contributed by atoms with E-state index in [0.717, 1.165) is 42.3 Å². The van der Waals surface area contributed by atoms with Gasteiger partial charge in [-0.25, -0.2) is 0 Å². The molecule has 1 spiro atoms. The molecule has 3 heterocycles. The number of hydrogen-bond acceptors (Lipinski definition) is 2. The molecule has 1 aromatic rings. The molecule has 3 aliphatic heterocycles. The number of carbonyl (C=O) groups excluding carboxylic acids is 1. The van der Waals surface area contributed by atoms with Crippen LogP contribution in [0.1, 0.15) is 25.3 Å². The third-order valence-electron chi connectivity index (χ3n) is 7.10. The summed E-state index contributed by atoms with van der Waals surface area (Å²) in [5.41, 5.74) is 6.04. The lowest BCUT2D eigenvalue weighted by molar-refractivity contribution is -0.931. The lowest BCUT2D eigenvalue weighted by atomic mass is 9.61. The first-order valence-corrected chi connectivity index (χ1v) is 9.37. The number of alkyl halides is 1. The predicted molar refractivity (Wildman–Crippen MR) is 95.8 cm³/mol. The molecule has 0 aromatic heterocycles. The normalized spacial score (nSPS) is 38.7. The van der Waals surface area contributed by atoms with E-state index in [2.05, 4.69) is 42.6 Å². The van der Waals surface area contributed by atoms with Crippen LogP contribution >= 0.6 is 11.6 Å². The first-order chi connectivity index (χ1) is 11.7. The zero-order valence-corrected chi connectivity index (χ0v) is 15.8. The molecule has 1 N–H and O–H groups in total. The van der Waals surface area contributed by atoms with Crippen molar-refractivity contribution >= 4 is 23.6 Å². The molecule has 4 aliphatic rings. The van der Waals surface area contributed by atoms with Gasteiger partial charge in [0.15, 0.2) is 6.00 Å². The summed E-state index contributed by atoms with van der Waals surface area (Å²) in [5.74, 6) is 0.259. The molecule has 1 unspecified atom stereocenters. The maximum Gasteiger partial charge on any atom is 0.155 e. The first-order valence-electron chi connectivity index (χ1n) is 8.83. The molecule has 2 saturated heterocycles. The number of piperidine rings is 1. The Morgan fingerprint density at radius 3 is 2.92 bits per heavy atom. The van der Waals surface area contributed by atoms with Gasteiger partial charge in [-0.15, -0.1) is 0 Å². The van der Waals surface area contributed by atoms with Gasteiger partial charge < -0.3 is 22.2 Å². The van der Waals surface area contributed by atoms with Crippen molar-refractivity contribution in [1.82, 2.24) is 0 Å². The number of aldehydes is 1. The molecule has 1 aromatic carbocycles. The van der Waals surface area contributed by atoms with Crippen LogP contribution in [0.25, 0.3) is 0 Å². The van der Waals surface area contributed by atoms with Crippen LogP contribution < -0.4 is 17.7 Å². The number of nitrogens with one attached hydrogen (secondary N) is 1. The lowest BCUT2D eigenvalue weighted by Crippen LogP contribution is -3.00. The molecule has 0 amide bonds. The minimum absolute atomic E-state index is 0. The van der Waals surface area contributed by atoms with Crippen LogP contribution in [-0.4, -0.2) is 35.9 Å². The highest BCUT2D eigenvalue weighted by molar-refractivity contribution is 6.17. The monoisotopic (exact) mass is 376 g/mol. The number of fused-ring (bicyclic) bond motifs is 2. The standard InChI is InChI=1S/C20H21ClN2O.ClH/c1-2-13-10-23(12-21)8-7-20-16-5-3-4-6-17(16)22-19(20)15(11-24)14(13)9-18(20)23;/h2-6,11,14,18H,7-10,12H2,1H3;1H/b13-2-;/t14-,18-,20+,23?;/m0./s1. The van der Waals surface area contributed by atoms with Crippen LogP contribution in [0, 0.1) is 5.92 Å². The van der Waals surface area contributed by atoms with E-state index in [4.69, 9.17) is 11.6 Å². The van der Waals surface area contributed by atoms with E-state index < -0.39 is 0 Å². The van der Waals surface area contributed by atoms with Crippen molar-refractivity contribution in [2.75, 3.05) is 24.4 Å². The molecule has 1 aliphatic carbocycles. The van der Waals surface area contributed by atoms with Gasteiger partial charge in [0, 0.05) is 35.7 Å². The Labute approximate surface area is 159 Å². The number of benzene rings is 1. The van der Waals surface area contributed by atoms with Gasteiger partial charge in [-0.1, -0.05) is 35.9 Å². The van der Waals surface area contributed by atoms with Gasteiger partial charge in [-0.05, 0) is 24.1 Å². The summed E-state index contributed by atoms with van der Waals surface area (Å²) in [4.78, 5) is 12.1. The molecule has 2 fully saturated rings. The van der Waals surface area contributed by atoms with Crippen molar-refractivity contribution < 1.29 is 21.7 Å². The zero-order chi connectivity index (χ0) is 16.5. The number of halogens is 2. The number of nitrogens with zero attached hydrogens (tertiary/aromatic N) is 1. The summed E-state index contributed by atoms with van der Waals surface area (Å²) in [7, 11) is 0. The quantitative estimate of drug-likeness (QED) is 0.269. The zero-order valence-electron chi connectivity index (χ0n) is 14.3. The average molecular weight is 377 g/mol. The van der Waals surface area contributed by atoms with E-state index in [9.17, 15) is 4.79 Å². The van der Waals surface area contributed by atoms with Gasteiger partial charge >= 0.3 is 0 Å². The third-order valence-corrected chi connectivity index (χ3v) is 7.57. The van der Waals surface area contributed by atoms with Gasteiger partial charge in [0.2, 0.25) is 0 Å². The van der Waals surface area contributed by atoms with Crippen molar-refractivity contribution in [1.29, 1.82) is 0 Å². The Bertz CT molecular complexity index is 818. The number of hydrogen-bond donors (Lipinski definition) is 1. The van der Waals surface area contributed by atoms with Gasteiger partial charge in [0.05, 0.1) is 12.0 Å². The van der Waals surface area contributed by atoms with E-state index in [1.54, 1.807) is 0 Å². The largest absolute Gasteiger partial charge is 1.00 e. The third kappa shape index (κ3) is 1.84. The number of carbonyl (C=O) groups is 1. The van der Waals surface area contributed by atoms with Crippen LogP contribution in [0.3, 0.4) is 0 Å². The Morgan fingerprint density at radius 1 is 1.40 bits per heavy atom. The van der Waals surface area contributed by atoms with Crippen molar-refractivity contribution in [2.24, 2.45) is 5.92 Å². The smallest absolute Gasteiger partial charge is 0.155 e. The minimum Gasteiger partial charge on any atom is -1.00 e. The van der Waals surface area contributed by atoms with Crippen LogP contribution in [-0.2, 0) is 10.2 Å². The molecule has 3 nitrogen and oxygen atoms in total. The van der Waals surface area contributed by atoms with Gasteiger partial charge in [-0.3, -0.25) is 4.79 Å². The highest BCUT2D eigenvalue weighted by atomic mass is 35.5. The summed E-state index contributed by atoms with van der Waals surface area (Å²) in [6.45, 7) is 4.18. The van der Waals surface area contributed by atoms with Gasteiger partial charge in [0.25, 0.3) is 0 Å². The summed E-state index contributed by atoms with van der Waals surface area (Å²) in [6.07, 6.45) is 5.44. The molecule has 0 radical (unpaired) electrons. The molecule has 2 bridgehead atoms. The Kier molecular flexibility index (Phi) is 3.84. The summed E-state index contributed by atoms with van der Waals surface area (Å²) in [5, 5.41) is 3.64. The fourth-order valence-electron chi connectivity index (χ4n) is 6.07. The van der Waals surface area contributed by atoms with Crippen LogP contribution in [0.15, 0.2) is 47.2 Å². The van der Waals surface area contributed by atoms with Crippen molar-refractivity contribution in [3.8, 4) is 0 Å². The second-order valence-electron chi connectivity index (χ2n) is 7.73. The van der Waals surface area contributed by atoms with Crippen LogP contribution in [0.4, 0.5) is 5.69 Å². The second kappa shape index (κ2) is 5.60. The van der Waals surface area contributed by atoms with Gasteiger partial charge in [0.1, 0.15) is 18.9 Å². The summed E-state index contributed by atoms with van der Waals surface area (Å²) in [6, 6.07) is 9.71. The van der Waals surface area contributed by atoms with Crippen LogP contribution in [0.5, 0.6) is 0 Å². The van der Waals surface area contributed by atoms with Crippen LogP contribution in [0.2, 0.25) is 0 Å². The highest BCUT2D eigenvalue weighted by Gasteiger charge is 2.68. The Balaban J connectivity index is 0.00000157. The molecular formula is C20H22Cl2N2O.